The van der Waals surface area contributed by atoms with Gasteiger partial charge in [0.1, 0.15) is 0 Å². The van der Waals surface area contributed by atoms with Crippen LogP contribution in [-0.4, -0.2) is 41.9 Å². The predicted octanol–water partition coefficient (Wildman–Crippen LogP) is 3.06. The molecule has 1 aromatic carbocycles. The smallest absolute Gasteiger partial charge is 0.225 e. The zero-order valence-electron chi connectivity index (χ0n) is 11.9. The van der Waals surface area contributed by atoms with E-state index in [1.54, 1.807) is 0 Å². The van der Waals surface area contributed by atoms with E-state index in [9.17, 15) is 4.79 Å². The van der Waals surface area contributed by atoms with Crippen molar-refractivity contribution in [1.29, 1.82) is 0 Å². The highest BCUT2D eigenvalue weighted by Crippen LogP contribution is 2.32. The van der Waals surface area contributed by atoms with Crippen LogP contribution in [0.1, 0.15) is 31.4 Å². The standard InChI is InChI=1S/C16H21BrN2O/c1-12(13-4-6-15(17)7-5-13)18-8-10-19(11-9-18)16(20)14-2-3-14/h4-7,12,14H,2-3,8-11H2,1H3. The zero-order valence-corrected chi connectivity index (χ0v) is 13.5. The molecule has 1 aliphatic heterocycles. The van der Waals surface area contributed by atoms with Crippen LogP contribution in [0.5, 0.6) is 0 Å². The van der Waals surface area contributed by atoms with Gasteiger partial charge in [-0.05, 0) is 37.5 Å². The van der Waals surface area contributed by atoms with Gasteiger partial charge in [-0.25, -0.2) is 0 Å². The van der Waals surface area contributed by atoms with Crippen molar-refractivity contribution in [3.63, 3.8) is 0 Å². The van der Waals surface area contributed by atoms with Crippen LogP contribution in [0.3, 0.4) is 0 Å². The molecule has 1 aromatic rings. The minimum atomic E-state index is 0.352. The Bertz CT molecular complexity index is 476. The Morgan fingerprint density at radius 2 is 1.75 bits per heavy atom. The van der Waals surface area contributed by atoms with Crippen molar-refractivity contribution in [1.82, 2.24) is 9.80 Å². The Balaban J connectivity index is 1.57. The van der Waals surface area contributed by atoms with Crippen molar-refractivity contribution in [2.45, 2.75) is 25.8 Å². The summed E-state index contributed by atoms with van der Waals surface area (Å²) in [6.45, 7) is 5.99. The third-order valence-corrected chi connectivity index (χ3v) is 4.98. The number of carbonyl (C=O) groups is 1. The molecule has 1 atom stereocenters. The van der Waals surface area contributed by atoms with E-state index in [0.29, 0.717) is 17.9 Å². The minimum absolute atomic E-state index is 0.352. The molecule has 1 saturated heterocycles. The van der Waals surface area contributed by atoms with Crippen LogP contribution in [0.15, 0.2) is 28.7 Å². The lowest BCUT2D eigenvalue weighted by Gasteiger charge is -2.38. The summed E-state index contributed by atoms with van der Waals surface area (Å²) in [6.07, 6.45) is 2.21. The molecule has 108 valence electrons. The van der Waals surface area contributed by atoms with Gasteiger partial charge < -0.3 is 4.90 Å². The van der Waals surface area contributed by atoms with E-state index in [1.807, 2.05) is 0 Å². The van der Waals surface area contributed by atoms with E-state index in [1.165, 1.54) is 5.56 Å². The second kappa shape index (κ2) is 5.86. The monoisotopic (exact) mass is 336 g/mol. The Labute approximate surface area is 129 Å². The molecular weight excluding hydrogens is 316 g/mol. The van der Waals surface area contributed by atoms with E-state index >= 15 is 0 Å². The minimum Gasteiger partial charge on any atom is -0.340 e. The number of rotatable bonds is 3. The molecule has 0 radical (unpaired) electrons. The Morgan fingerprint density at radius 1 is 1.15 bits per heavy atom. The van der Waals surface area contributed by atoms with Gasteiger partial charge in [-0.15, -0.1) is 0 Å². The first-order chi connectivity index (χ1) is 9.65. The summed E-state index contributed by atoms with van der Waals surface area (Å²) in [4.78, 5) is 16.6. The van der Waals surface area contributed by atoms with Crippen LogP contribution in [-0.2, 0) is 4.79 Å². The van der Waals surface area contributed by atoms with Crippen LogP contribution in [0.25, 0.3) is 0 Å². The summed E-state index contributed by atoms with van der Waals surface area (Å²) in [5.41, 5.74) is 1.34. The molecule has 3 nitrogen and oxygen atoms in total. The molecule has 1 amide bonds. The maximum atomic E-state index is 12.0. The van der Waals surface area contributed by atoms with Gasteiger partial charge in [0.25, 0.3) is 0 Å². The average molecular weight is 337 g/mol. The lowest BCUT2D eigenvalue weighted by molar-refractivity contribution is -0.134. The second-order valence-corrected chi connectivity index (χ2v) is 6.78. The van der Waals surface area contributed by atoms with Crippen molar-refractivity contribution in [2.75, 3.05) is 26.2 Å². The first kappa shape index (κ1) is 14.1. The highest BCUT2D eigenvalue weighted by atomic mass is 79.9. The summed E-state index contributed by atoms with van der Waals surface area (Å²) in [6, 6.07) is 8.96. The zero-order chi connectivity index (χ0) is 14.1. The topological polar surface area (TPSA) is 23.6 Å². The van der Waals surface area contributed by atoms with E-state index in [2.05, 4.69) is 56.9 Å². The average Bonchev–Trinajstić information content (AvgIpc) is 3.31. The summed E-state index contributed by atoms with van der Waals surface area (Å²) in [5.74, 6) is 0.742. The van der Waals surface area contributed by atoms with Gasteiger partial charge in [0.2, 0.25) is 5.91 Å². The van der Waals surface area contributed by atoms with Gasteiger partial charge in [0.15, 0.2) is 0 Å². The van der Waals surface area contributed by atoms with Crippen molar-refractivity contribution in [3.8, 4) is 0 Å². The predicted molar refractivity (Wildman–Crippen MR) is 83.4 cm³/mol. The van der Waals surface area contributed by atoms with E-state index < -0.39 is 0 Å². The summed E-state index contributed by atoms with van der Waals surface area (Å²) in [7, 11) is 0. The van der Waals surface area contributed by atoms with Crippen molar-refractivity contribution in [3.05, 3.63) is 34.3 Å². The molecule has 1 aliphatic carbocycles. The second-order valence-electron chi connectivity index (χ2n) is 5.86. The molecule has 3 rings (SSSR count). The van der Waals surface area contributed by atoms with Crippen molar-refractivity contribution >= 4 is 21.8 Å². The van der Waals surface area contributed by atoms with Gasteiger partial charge in [0, 0.05) is 42.6 Å². The van der Waals surface area contributed by atoms with Gasteiger partial charge in [0.05, 0.1) is 0 Å². The SMILES string of the molecule is CC(c1ccc(Br)cc1)N1CCN(C(=O)C2CC2)CC1. The van der Waals surface area contributed by atoms with Crippen molar-refractivity contribution in [2.24, 2.45) is 5.92 Å². The number of hydrogen-bond donors (Lipinski definition) is 0. The summed E-state index contributed by atoms with van der Waals surface area (Å²) >= 11 is 3.48. The summed E-state index contributed by atoms with van der Waals surface area (Å²) in [5, 5.41) is 0. The maximum absolute atomic E-state index is 12.0. The van der Waals surface area contributed by atoms with E-state index in [0.717, 1.165) is 43.5 Å². The third-order valence-electron chi connectivity index (χ3n) is 4.45. The van der Waals surface area contributed by atoms with E-state index in [-0.39, 0.29) is 0 Å². The summed E-state index contributed by atoms with van der Waals surface area (Å²) < 4.78 is 1.12. The van der Waals surface area contributed by atoms with Gasteiger partial charge in [-0.1, -0.05) is 28.1 Å². The first-order valence-electron chi connectivity index (χ1n) is 7.43. The van der Waals surface area contributed by atoms with Crippen LogP contribution >= 0.6 is 15.9 Å². The highest BCUT2D eigenvalue weighted by Gasteiger charge is 2.35. The fraction of sp³-hybridized carbons (Fsp3) is 0.562. The number of amides is 1. The first-order valence-corrected chi connectivity index (χ1v) is 8.23. The van der Waals surface area contributed by atoms with Crippen molar-refractivity contribution < 1.29 is 4.79 Å². The Kier molecular flexibility index (Phi) is 4.13. The van der Waals surface area contributed by atoms with Crippen LogP contribution < -0.4 is 0 Å². The molecule has 2 aliphatic rings. The number of piperazine rings is 1. The lowest BCUT2D eigenvalue weighted by Crippen LogP contribution is -2.49. The molecule has 1 heterocycles. The molecule has 2 fully saturated rings. The van der Waals surface area contributed by atoms with Crippen LogP contribution in [0.4, 0.5) is 0 Å². The van der Waals surface area contributed by atoms with Gasteiger partial charge in [-0.3, -0.25) is 9.69 Å². The van der Waals surface area contributed by atoms with Gasteiger partial charge in [-0.2, -0.15) is 0 Å². The largest absolute Gasteiger partial charge is 0.340 e. The van der Waals surface area contributed by atoms with Crippen LogP contribution in [0, 0.1) is 5.92 Å². The Hall–Kier alpha value is -0.870. The number of hydrogen-bond acceptors (Lipinski definition) is 2. The molecule has 1 unspecified atom stereocenters. The number of benzene rings is 1. The van der Waals surface area contributed by atoms with Crippen LogP contribution in [0.2, 0.25) is 0 Å². The molecule has 0 bridgehead atoms. The fourth-order valence-corrected chi connectivity index (χ4v) is 3.13. The molecule has 0 aromatic heterocycles. The molecule has 20 heavy (non-hydrogen) atoms. The quantitative estimate of drug-likeness (QED) is 0.846. The highest BCUT2D eigenvalue weighted by molar-refractivity contribution is 9.10. The molecule has 1 saturated carbocycles. The molecule has 4 heteroatoms. The number of carbonyl (C=O) groups excluding carboxylic acids is 1. The molecule has 0 spiro atoms. The fourth-order valence-electron chi connectivity index (χ4n) is 2.87. The molecular formula is C16H21BrN2O. The lowest BCUT2D eigenvalue weighted by atomic mass is 10.1. The third kappa shape index (κ3) is 3.07. The molecule has 0 N–H and O–H groups in total. The number of nitrogens with zero attached hydrogens (tertiary/aromatic N) is 2. The van der Waals surface area contributed by atoms with Gasteiger partial charge >= 0.3 is 0 Å². The number of halogens is 1. The normalized spacial score (nSPS) is 21.8. The van der Waals surface area contributed by atoms with E-state index in [4.69, 9.17) is 0 Å². The Morgan fingerprint density at radius 3 is 2.30 bits per heavy atom. The maximum Gasteiger partial charge on any atom is 0.225 e.